The van der Waals surface area contributed by atoms with Crippen LogP contribution in [0, 0.1) is 5.92 Å². The van der Waals surface area contributed by atoms with Crippen molar-refractivity contribution in [3.8, 4) is 0 Å². The second-order valence-electron chi connectivity index (χ2n) is 3.45. The van der Waals surface area contributed by atoms with Gasteiger partial charge >= 0.3 is 6.18 Å². The van der Waals surface area contributed by atoms with E-state index in [2.05, 4.69) is 0 Å². The molecular weight excluding hydrogens is 167 g/mol. The third-order valence-corrected chi connectivity index (χ3v) is 2.49. The Morgan fingerprint density at radius 3 is 2.17 bits per heavy atom. The molecule has 1 nitrogen and oxygen atoms in total. The monoisotopic (exact) mass is 181 g/mol. The fourth-order valence-corrected chi connectivity index (χ4v) is 1.74. The summed E-state index contributed by atoms with van der Waals surface area (Å²) in [5.74, 6) is -1.26. The van der Waals surface area contributed by atoms with Gasteiger partial charge in [-0.3, -0.25) is 0 Å². The number of hydrogen-bond donors (Lipinski definition) is 1. The van der Waals surface area contributed by atoms with Crippen LogP contribution >= 0.6 is 0 Å². The van der Waals surface area contributed by atoms with Crippen LogP contribution in [-0.2, 0) is 0 Å². The molecule has 4 heteroatoms. The average molecular weight is 181 g/mol. The zero-order valence-corrected chi connectivity index (χ0v) is 6.90. The van der Waals surface area contributed by atoms with E-state index in [-0.39, 0.29) is 6.42 Å². The molecule has 0 radical (unpaired) electrons. The number of halogens is 3. The smallest absolute Gasteiger partial charge is 0.327 e. The molecule has 0 spiro atoms. The maximum atomic E-state index is 12.3. The zero-order valence-electron chi connectivity index (χ0n) is 6.90. The van der Waals surface area contributed by atoms with Crippen molar-refractivity contribution >= 4 is 0 Å². The highest BCUT2D eigenvalue weighted by Gasteiger charge is 2.43. The summed E-state index contributed by atoms with van der Waals surface area (Å²) in [5.41, 5.74) is 5.45. The molecule has 0 heterocycles. The van der Waals surface area contributed by atoms with Gasteiger partial charge in [-0.1, -0.05) is 19.3 Å². The molecule has 0 unspecified atom stereocenters. The van der Waals surface area contributed by atoms with Gasteiger partial charge in [0, 0.05) is 6.04 Å². The molecule has 2 atom stereocenters. The second-order valence-corrected chi connectivity index (χ2v) is 3.45. The van der Waals surface area contributed by atoms with Gasteiger partial charge in [0.05, 0.1) is 5.92 Å². The summed E-state index contributed by atoms with van der Waals surface area (Å²) in [6.45, 7) is 0. The van der Waals surface area contributed by atoms with Crippen LogP contribution in [0.4, 0.5) is 13.2 Å². The third kappa shape index (κ3) is 2.37. The Morgan fingerprint density at radius 1 is 1.00 bits per heavy atom. The lowest BCUT2D eigenvalue weighted by Gasteiger charge is -2.23. The summed E-state index contributed by atoms with van der Waals surface area (Å²) in [6.07, 6.45) is -0.968. The molecule has 1 fully saturated rings. The Hall–Kier alpha value is -0.250. The Balaban J connectivity index is 2.59. The molecule has 0 aliphatic heterocycles. The fourth-order valence-electron chi connectivity index (χ4n) is 1.74. The van der Waals surface area contributed by atoms with E-state index in [1.54, 1.807) is 0 Å². The van der Waals surface area contributed by atoms with E-state index in [1.165, 1.54) is 0 Å². The van der Waals surface area contributed by atoms with Crippen LogP contribution < -0.4 is 5.73 Å². The van der Waals surface area contributed by atoms with Crippen molar-refractivity contribution in [2.45, 2.75) is 44.3 Å². The molecule has 2 N–H and O–H groups in total. The van der Waals surface area contributed by atoms with Gasteiger partial charge in [0.15, 0.2) is 0 Å². The van der Waals surface area contributed by atoms with Gasteiger partial charge in [-0.25, -0.2) is 0 Å². The molecule has 1 rings (SSSR count). The van der Waals surface area contributed by atoms with Crippen molar-refractivity contribution in [3.05, 3.63) is 0 Å². The first-order chi connectivity index (χ1) is 5.52. The SMILES string of the molecule is N[C@@H]1CCCCC[C@H]1C(F)(F)F. The van der Waals surface area contributed by atoms with Gasteiger partial charge in [0.25, 0.3) is 0 Å². The highest BCUT2D eigenvalue weighted by Crippen LogP contribution is 2.35. The van der Waals surface area contributed by atoms with Crippen LogP contribution in [0.2, 0.25) is 0 Å². The summed E-state index contributed by atoms with van der Waals surface area (Å²) in [7, 11) is 0. The summed E-state index contributed by atoms with van der Waals surface area (Å²) in [5, 5.41) is 0. The predicted octanol–water partition coefficient (Wildman–Crippen LogP) is 2.46. The van der Waals surface area contributed by atoms with Crippen LogP contribution in [0.5, 0.6) is 0 Å². The van der Waals surface area contributed by atoms with Crippen LogP contribution in [0.1, 0.15) is 32.1 Å². The molecule has 1 aliphatic carbocycles. The van der Waals surface area contributed by atoms with Gasteiger partial charge in [-0.2, -0.15) is 13.2 Å². The molecule has 0 aromatic heterocycles. The number of alkyl halides is 3. The molecular formula is C8H14F3N. The molecule has 0 saturated heterocycles. The van der Waals surface area contributed by atoms with Crippen molar-refractivity contribution in [1.29, 1.82) is 0 Å². The van der Waals surface area contributed by atoms with E-state index < -0.39 is 18.1 Å². The summed E-state index contributed by atoms with van der Waals surface area (Å²) in [4.78, 5) is 0. The normalized spacial score (nSPS) is 33.0. The van der Waals surface area contributed by atoms with E-state index in [4.69, 9.17) is 5.73 Å². The molecule has 0 aromatic rings. The lowest BCUT2D eigenvalue weighted by Crippen LogP contribution is -2.38. The first-order valence-corrected chi connectivity index (χ1v) is 4.34. The Labute approximate surface area is 70.1 Å². The van der Waals surface area contributed by atoms with E-state index in [9.17, 15) is 13.2 Å². The maximum Gasteiger partial charge on any atom is 0.393 e. The summed E-state index contributed by atoms with van der Waals surface area (Å²) < 4.78 is 36.9. The van der Waals surface area contributed by atoms with Crippen LogP contribution in [0.15, 0.2) is 0 Å². The molecule has 72 valence electrons. The maximum absolute atomic E-state index is 12.3. The van der Waals surface area contributed by atoms with Gasteiger partial charge in [-0.15, -0.1) is 0 Å². The highest BCUT2D eigenvalue weighted by molar-refractivity contribution is 4.81. The topological polar surface area (TPSA) is 26.0 Å². The van der Waals surface area contributed by atoms with Crippen molar-refractivity contribution in [1.82, 2.24) is 0 Å². The minimum Gasteiger partial charge on any atom is -0.327 e. The van der Waals surface area contributed by atoms with Crippen molar-refractivity contribution < 1.29 is 13.2 Å². The average Bonchev–Trinajstić information content (AvgIpc) is 2.11. The summed E-state index contributed by atoms with van der Waals surface area (Å²) in [6, 6.07) is -0.674. The lowest BCUT2D eigenvalue weighted by atomic mass is 9.95. The lowest BCUT2D eigenvalue weighted by molar-refractivity contribution is -0.181. The number of hydrogen-bond acceptors (Lipinski definition) is 1. The minimum absolute atomic E-state index is 0.213. The van der Waals surface area contributed by atoms with Crippen LogP contribution in [-0.4, -0.2) is 12.2 Å². The van der Waals surface area contributed by atoms with Gasteiger partial charge < -0.3 is 5.73 Å². The van der Waals surface area contributed by atoms with Gasteiger partial charge in [0.2, 0.25) is 0 Å². The predicted molar refractivity (Wildman–Crippen MR) is 40.6 cm³/mol. The van der Waals surface area contributed by atoms with E-state index in [0.717, 1.165) is 12.8 Å². The molecule has 1 aliphatic rings. The highest BCUT2D eigenvalue weighted by atomic mass is 19.4. The van der Waals surface area contributed by atoms with Crippen LogP contribution in [0.3, 0.4) is 0 Å². The summed E-state index contributed by atoms with van der Waals surface area (Å²) >= 11 is 0. The zero-order chi connectivity index (χ0) is 9.19. The number of rotatable bonds is 0. The molecule has 0 aromatic carbocycles. The second kappa shape index (κ2) is 3.64. The van der Waals surface area contributed by atoms with Crippen LogP contribution in [0.25, 0.3) is 0 Å². The molecule has 1 saturated carbocycles. The molecule has 0 bridgehead atoms. The number of nitrogens with two attached hydrogens (primary N) is 1. The van der Waals surface area contributed by atoms with E-state index in [0.29, 0.717) is 12.8 Å². The van der Waals surface area contributed by atoms with E-state index >= 15 is 0 Å². The first-order valence-electron chi connectivity index (χ1n) is 4.34. The van der Waals surface area contributed by atoms with Gasteiger partial charge in [-0.05, 0) is 12.8 Å². The Morgan fingerprint density at radius 2 is 1.58 bits per heavy atom. The van der Waals surface area contributed by atoms with Crippen molar-refractivity contribution in [3.63, 3.8) is 0 Å². The standard InChI is InChI=1S/C8H14F3N/c9-8(10,11)6-4-2-1-3-5-7(6)12/h6-7H,1-5,12H2/t6-,7-/m1/s1. The molecule has 12 heavy (non-hydrogen) atoms. The van der Waals surface area contributed by atoms with E-state index in [1.807, 2.05) is 0 Å². The van der Waals surface area contributed by atoms with Crippen molar-refractivity contribution in [2.24, 2.45) is 11.7 Å². The minimum atomic E-state index is -4.09. The van der Waals surface area contributed by atoms with Crippen molar-refractivity contribution in [2.75, 3.05) is 0 Å². The largest absolute Gasteiger partial charge is 0.393 e. The van der Waals surface area contributed by atoms with Gasteiger partial charge in [0.1, 0.15) is 0 Å². The quantitative estimate of drug-likeness (QED) is 0.571. The first kappa shape index (κ1) is 9.84. The molecule has 0 amide bonds. The third-order valence-electron chi connectivity index (χ3n) is 2.49. The fraction of sp³-hybridized carbons (Fsp3) is 1.00. The Bertz CT molecular complexity index is 144. The Kier molecular flexibility index (Phi) is 2.99.